The minimum absolute atomic E-state index is 0.134. The van der Waals surface area contributed by atoms with Crippen LogP contribution in [-0.2, 0) is 11.2 Å². The number of rotatable bonds is 6. The highest BCUT2D eigenvalue weighted by Gasteiger charge is 2.07. The van der Waals surface area contributed by atoms with E-state index in [4.69, 9.17) is 4.74 Å². The first-order valence-corrected chi connectivity index (χ1v) is 7.77. The average Bonchev–Trinajstić information content (AvgIpc) is 2.52. The zero-order valence-corrected chi connectivity index (χ0v) is 13.1. The molecule has 0 saturated carbocycles. The Morgan fingerprint density at radius 3 is 2.86 bits per heavy atom. The van der Waals surface area contributed by atoms with E-state index in [0.29, 0.717) is 6.42 Å². The highest BCUT2D eigenvalue weighted by molar-refractivity contribution is 5.76. The second-order valence-electron chi connectivity index (χ2n) is 5.69. The van der Waals surface area contributed by atoms with Crippen LogP contribution in [0.5, 0.6) is 5.75 Å². The van der Waals surface area contributed by atoms with Crippen molar-refractivity contribution in [2.45, 2.75) is 45.4 Å². The predicted molar refractivity (Wildman–Crippen MR) is 85.6 cm³/mol. The van der Waals surface area contributed by atoms with E-state index < -0.39 is 0 Å². The Labute approximate surface area is 127 Å². The van der Waals surface area contributed by atoms with Gasteiger partial charge in [-0.2, -0.15) is 0 Å². The summed E-state index contributed by atoms with van der Waals surface area (Å²) in [5, 5.41) is 3.03. The van der Waals surface area contributed by atoms with E-state index in [9.17, 15) is 4.79 Å². The molecule has 0 saturated heterocycles. The number of aryl methyl sites for hydroxylation is 2. The second kappa shape index (κ2) is 7.87. The summed E-state index contributed by atoms with van der Waals surface area (Å²) in [7, 11) is 1.68. The number of carbonyl (C=O) groups excluding carboxylic acids is 1. The first-order chi connectivity index (χ1) is 10.2. The molecule has 0 heterocycles. The van der Waals surface area contributed by atoms with Gasteiger partial charge in [0.2, 0.25) is 5.91 Å². The van der Waals surface area contributed by atoms with Crippen molar-refractivity contribution in [1.82, 2.24) is 5.32 Å². The molecule has 3 heteroatoms. The maximum Gasteiger partial charge on any atom is 0.220 e. The molecule has 21 heavy (non-hydrogen) atoms. The van der Waals surface area contributed by atoms with E-state index in [1.54, 1.807) is 7.11 Å². The summed E-state index contributed by atoms with van der Waals surface area (Å²) in [5.41, 5.74) is 3.68. The maximum absolute atomic E-state index is 11.9. The monoisotopic (exact) mass is 287 g/mol. The lowest BCUT2D eigenvalue weighted by Gasteiger charge is -2.13. The molecule has 1 aromatic carbocycles. The quantitative estimate of drug-likeness (QED) is 0.813. The highest BCUT2D eigenvalue weighted by Crippen LogP contribution is 2.19. The van der Waals surface area contributed by atoms with Gasteiger partial charge in [0.15, 0.2) is 0 Å². The lowest BCUT2D eigenvalue weighted by Crippen LogP contribution is -2.26. The Hall–Kier alpha value is -1.77. The van der Waals surface area contributed by atoms with Crippen LogP contribution in [-0.4, -0.2) is 19.6 Å². The Kier molecular flexibility index (Phi) is 5.85. The molecule has 0 aromatic heterocycles. The van der Waals surface area contributed by atoms with Crippen LogP contribution in [0.3, 0.4) is 0 Å². The van der Waals surface area contributed by atoms with Crippen molar-refractivity contribution in [3.8, 4) is 5.75 Å². The van der Waals surface area contributed by atoms with Gasteiger partial charge in [-0.15, -0.1) is 0 Å². The van der Waals surface area contributed by atoms with Crippen LogP contribution in [0.2, 0.25) is 0 Å². The molecule has 3 nitrogen and oxygen atoms in total. The van der Waals surface area contributed by atoms with Crippen molar-refractivity contribution < 1.29 is 9.53 Å². The van der Waals surface area contributed by atoms with Crippen LogP contribution in [0.15, 0.2) is 29.8 Å². The zero-order valence-electron chi connectivity index (χ0n) is 13.1. The summed E-state index contributed by atoms with van der Waals surface area (Å²) in [4.78, 5) is 11.9. The smallest absolute Gasteiger partial charge is 0.220 e. The lowest BCUT2D eigenvalue weighted by atomic mass is 9.99. The van der Waals surface area contributed by atoms with Gasteiger partial charge in [0.25, 0.3) is 0 Å². The van der Waals surface area contributed by atoms with Gasteiger partial charge in [-0.1, -0.05) is 23.8 Å². The summed E-state index contributed by atoms with van der Waals surface area (Å²) >= 11 is 0. The molecular formula is C18H25NO2. The fraction of sp³-hybridized carbons (Fsp3) is 0.500. The summed E-state index contributed by atoms with van der Waals surface area (Å²) in [6.07, 6.45) is 8.43. The van der Waals surface area contributed by atoms with Crippen molar-refractivity contribution in [2.24, 2.45) is 0 Å². The molecule has 1 aliphatic carbocycles. The number of methoxy groups -OCH3 is 1. The van der Waals surface area contributed by atoms with Crippen molar-refractivity contribution >= 4 is 5.91 Å². The second-order valence-corrected chi connectivity index (χ2v) is 5.69. The third-order valence-corrected chi connectivity index (χ3v) is 4.00. The zero-order chi connectivity index (χ0) is 15.1. The molecule has 114 valence electrons. The average molecular weight is 287 g/mol. The molecule has 1 N–H and O–H groups in total. The van der Waals surface area contributed by atoms with Crippen molar-refractivity contribution in [2.75, 3.05) is 13.7 Å². The summed E-state index contributed by atoms with van der Waals surface area (Å²) in [6.45, 7) is 2.75. The number of amides is 1. The largest absolute Gasteiger partial charge is 0.496 e. The fourth-order valence-electron chi connectivity index (χ4n) is 2.72. The van der Waals surface area contributed by atoms with E-state index in [1.807, 2.05) is 19.1 Å². The molecule has 0 atom stereocenters. The van der Waals surface area contributed by atoms with Gasteiger partial charge >= 0.3 is 0 Å². The first-order valence-electron chi connectivity index (χ1n) is 7.77. The van der Waals surface area contributed by atoms with Gasteiger partial charge in [-0.25, -0.2) is 0 Å². The molecule has 0 fully saturated rings. The van der Waals surface area contributed by atoms with Gasteiger partial charge in [-0.3, -0.25) is 4.79 Å². The van der Waals surface area contributed by atoms with Crippen LogP contribution >= 0.6 is 0 Å². The number of hydrogen-bond donors (Lipinski definition) is 1. The third-order valence-electron chi connectivity index (χ3n) is 4.00. The molecule has 0 bridgehead atoms. The Balaban J connectivity index is 1.75. The van der Waals surface area contributed by atoms with Crippen LogP contribution < -0.4 is 10.1 Å². The minimum Gasteiger partial charge on any atom is -0.496 e. The molecule has 0 aliphatic heterocycles. The molecule has 1 aromatic rings. The fourth-order valence-corrected chi connectivity index (χ4v) is 2.72. The third kappa shape index (κ3) is 4.92. The van der Waals surface area contributed by atoms with E-state index in [2.05, 4.69) is 17.5 Å². The first kappa shape index (κ1) is 15.6. The number of nitrogens with one attached hydrogen (secondary N) is 1. The summed E-state index contributed by atoms with van der Waals surface area (Å²) in [5.74, 6) is 1.03. The van der Waals surface area contributed by atoms with E-state index in [0.717, 1.165) is 37.1 Å². The predicted octanol–water partition coefficient (Wildman–Crippen LogP) is 3.55. The number of ether oxygens (including phenoxy) is 1. The van der Waals surface area contributed by atoms with Crippen LogP contribution in [0.4, 0.5) is 0 Å². The van der Waals surface area contributed by atoms with Gasteiger partial charge in [0.05, 0.1) is 7.11 Å². The summed E-state index contributed by atoms with van der Waals surface area (Å²) < 4.78 is 5.25. The molecule has 1 aliphatic rings. The van der Waals surface area contributed by atoms with E-state index in [-0.39, 0.29) is 5.91 Å². The standard InChI is InChI=1S/C18H25NO2/c1-14-12-15(8-10-17(14)21-2)9-11-18(20)19-13-16-6-4-3-5-7-16/h6,8,10,12H,3-5,7,9,11,13H2,1-2H3,(H,19,20). The Morgan fingerprint density at radius 1 is 1.33 bits per heavy atom. The molecule has 0 radical (unpaired) electrons. The highest BCUT2D eigenvalue weighted by atomic mass is 16.5. The van der Waals surface area contributed by atoms with Gasteiger partial charge in [-0.05, 0) is 56.2 Å². The van der Waals surface area contributed by atoms with Gasteiger partial charge < -0.3 is 10.1 Å². The number of benzene rings is 1. The Morgan fingerprint density at radius 2 is 2.19 bits per heavy atom. The van der Waals surface area contributed by atoms with Crippen LogP contribution in [0.1, 0.15) is 43.2 Å². The van der Waals surface area contributed by atoms with Gasteiger partial charge in [0.1, 0.15) is 5.75 Å². The molecular weight excluding hydrogens is 262 g/mol. The van der Waals surface area contributed by atoms with E-state index in [1.165, 1.54) is 24.0 Å². The topological polar surface area (TPSA) is 38.3 Å². The molecule has 0 unspecified atom stereocenters. The van der Waals surface area contributed by atoms with Crippen molar-refractivity contribution in [1.29, 1.82) is 0 Å². The van der Waals surface area contributed by atoms with Crippen molar-refractivity contribution in [3.63, 3.8) is 0 Å². The SMILES string of the molecule is COc1ccc(CCC(=O)NCC2=CCCCC2)cc1C. The normalized spacial score (nSPS) is 14.5. The Bertz CT molecular complexity index is 520. The van der Waals surface area contributed by atoms with Crippen molar-refractivity contribution in [3.05, 3.63) is 41.0 Å². The molecule has 0 spiro atoms. The molecule has 2 rings (SSSR count). The van der Waals surface area contributed by atoms with Crippen LogP contribution in [0, 0.1) is 6.92 Å². The van der Waals surface area contributed by atoms with E-state index >= 15 is 0 Å². The maximum atomic E-state index is 11.9. The minimum atomic E-state index is 0.134. The molecule has 1 amide bonds. The number of carbonyl (C=O) groups is 1. The van der Waals surface area contributed by atoms with Gasteiger partial charge in [0, 0.05) is 13.0 Å². The number of hydrogen-bond acceptors (Lipinski definition) is 2. The van der Waals surface area contributed by atoms with Crippen LogP contribution in [0.25, 0.3) is 0 Å². The summed E-state index contributed by atoms with van der Waals surface area (Å²) in [6, 6.07) is 6.09. The lowest BCUT2D eigenvalue weighted by molar-refractivity contribution is -0.120. The number of allylic oxidation sites excluding steroid dienone is 1.